The number of rotatable bonds is 2. The predicted octanol–water partition coefficient (Wildman–Crippen LogP) is 3.72. The van der Waals surface area contributed by atoms with Crippen LogP contribution in [-0.4, -0.2) is 22.6 Å². The first-order valence-electron chi connectivity index (χ1n) is 7.31. The van der Waals surface area contributed by atoms with Gasteiger partial charge in [-0.15, -0.1) is 0 Å². The van der Waals surface area contributed by atoms with Crippen LogP contribution >= 0.6 is 0 Å². The summed E-state index contributed by atoms with van der Waals surface area (Å²) in [7, 11) is 0. The molecule has 0 radical (unpaired) electrons. The Morgan fingerprint density at radius 1 is 1.17 bits per heavy atom. The topological polar surface area (TPSA) is 23.5 Å². The first kappa shape index (κ1) is 12.0. The zero-order chi connectivity index (χ0) is 12.5. The minimum atomic E-state index is 0.347. The quantitative estimate of drug-likeness (QED) is 0.858. The third kappa shape index (κ3) is 2.03. The highest BCUT2D eigenvalue weighted by molar-refractivity contribution is 5.34. The van der Waals surface area contributed by atoms with Crippen molar-refractivity contribution in [3.8, 4) is 5.75 Å². The SMILES string of the molecule is CC(c1ccccc1O)N1CCC2CCCCC21. The van der Waals surface area contributed by atoms with Gasteiger partial charge in [-0.25, -0.2) is 0 Å². The van der Waals surface area contributed by atoms with Gasteiger partial charge >= 0.3 is 0 Å². The summed E-state index contributed by atoms with van der Waals surface area (Å²) in [6.07, 6.45) is 6.91. The van der Waals surface area contributed by atoms with Crippen LogP contribution in [0.4, 0.5) is 0 Å². The summed E-state index contributed by atoms with van der Waals surface area (Å²) in [5, 5.41) is 10.0. The van der Waals surface area contributed by atoms with E-state index in [0.29, 0.717) is 11.8 Å². The molecule has 1 saturated carbocycles. The number of phenols is 1. The van der Waals surface area contributed by atoms with Crippen molar-refractivity contribution in [2.24, 2.45) is 5.92 Å². The number of benzene rings is 1. The third-order valence-electron chi connectivity index (χ3n) is 4.94. The fraction of sp³-hybridized carbons (Fsp3) is 0.625. The second-order valence-electron chi connectivity index (χ2n) is 5.87. The van der Waals surface area contributed by atoms with E-state index in [1.165, 1.54) is 38.6 Å². The van der Waals surface area contributed by atoms with Crippen LogP contribution in [0.15, 0.2) is 24.3 Å². The molecule has 1 aromatic rings. The fourth-order valence-electron chi connectivity index (χ4n) is 3.94. The molecule has 1 heterocycles. The van der Waals surface area contributed by atoms with Crippen LogP contribution in [0, 0.1) is 5.92 Å². The van der Waals surface area contributed by atoms with E-state index in [2.05, 4.69) is 17.9 Å². The molecule has 2 fully saturated rings. The van der Waals surface area contributed by atoms with Crippen LogP contribution in [0.3, 0.4) is 0 Å². The van der Waals surface area contributed by atoms with Crippen LogP contribution in [0.5, 0.6) is 5.75 Å². The Labute approximate surface area is 110 Å². The van der Waals surface area contributed by atoms with E-state index in [9.17, 15) is 5.11 Å². The molecule has 1 N–H and O–H groups in total. The van der Waals surface area contributed by atoms with E-state index in [0.717, 1.165) is 17.5 Å². The number of nitrogens with zero attached hydrogens (tertiary/aromatic N) is 1. The molecule has 1 saturated heterocycles. The Morgan fingerprint density at radius 2 is 1.94 bits per heavy atom. The van der Waals surface area contributed by atoms with Crippen LogP contribution < -0.4 is 0 Å². The number of fused-ring (bicyclic) bond motifs is 1. The third-order valence-corrected chi connectivity index (χ3v) is 4.94. The Bertz CT molecular complexity index is 417. The molecule has 2 heteroatoms. The molecule has 0 bridgehead atoms. The molecule has 1 aliphatic heterocycles. The van der Waals surface area contributed by atoms with Crippen LogP contribution in [0.25, 0.3) is 0 Å². The monoisotopic (exact) mass is 245 g/mol. The highest BCUT2D eigenvalue weighted by Gasteiger charge is 2.38. The molecule has 2 aliphatic rings. The lowest BCUT2D eigenvalue weighted by Gasteiger charge is -2.36. The number of phenolic OH excluding ortho intramolecular Hbond substituents is 1. The average Bonchev–Trinajstić information content (AvgIpc) is 2.82. The lowest BCUT2D eigenvalue weighted by molar-refractivity contribution is 0.139. The molecule has 0 spiro atoms. The van der Waals surface area contributed by atoms with Gasteiger partial charge in [0.05, 0.1) is 0 Å². The smallest absolute Gasteiger partial charge is 0.120 e. The molecule has 1 aromatic carbocycles. The minimum absolute atomic E-state index is 0.347. The van der Waals surface area contributed by atoms with Crippen molar-refractivity contribution in [2.45, 2.75) is 51.1 Å². The number of para-hydroxylation sites is 1. The molecular formula is C16H23NO. The Morgan fingerprint density at radius 3 is 2.78 bits per heavy atom. The standard InChI is InChI=1S/C16H23NO/c1-12(14-7-3-5-9-16(14)18)17-11-10-13-6-2-4-8-15(13)17/h3,5,7,9,12-13,15,18H,2,4,6,8,10-11H2,1H3. The highest BCUT2D eigenvalue weighted by atomic mass is 16.3. The van der Waals surface area contributed by atoms with Gasteiger partial charge in [-0.05, 0) is 44.7 Å². The summed E-state index contributed by atoms with van der Waals surface area (Å²) in [5.74, 6) is 1.36. The van der Waals surface area contributed by atoms with Crippen molar-refractivity contribution in [3.05, 3.63) is 29.8 Å². The summed E-state index contributed by atoms with van der Waals surface area (Å²) < 4.78 is 0. The lowest BCUT2D eigenvalue weighted by Crippen LogP contribution is -2.36. The maximum atomic E-state index is 10.0. The Balaban J connectivity index is 1.80. The second kappa shape index (κ2) is 4.93. The summed E-state index contributed by atoms with van der Waals surface area (Å²) >= 11 is 0. The molecule has 3 rings (SSSR count). The largest absolute Gasteiger partial charge is 0.508 e. The van der Waals surface area contributed by atoms with Gasteiger partial charge in [0.25, 0.3) is 0 Å². The van der Waals surface area contributed by atoms with Gasteiger partial charge in [-0.1, -0.05) is 31.0 Å². The molecule has 98 valence electrons. The van der Waals surface area contributed by atoms with E-state index in [4.69, 9.17) is 0 Å². The van der Waals surface area contributed by atoms with E-state index in [1.807, 2.05) is 12.1 Å². The molecule has 3 unspecified atom stereocenters. The zero-order valence-electron chi connectivity index (χ0n) is 11.2. The number of hydrogen-bond acceptors (Lipinski definition) is 2. The van der Waals surface area contributed by atoms with Gasteiger partial charge in [-0.3, -0.25) is 4.90 Å². The minimum Gasteiger partial charge on any atom is -0.508 e. The van der Waals surface area contributed by atoms with E-state index in [1.54, 1.807) is 6.07 Å². The molecule has 2 nitrogen and oxygen atoms in total. The maximum absolute atomic E-state index is 10.0. The van der Waals surface area contributed by atoms with Crippen molar-refractivity contribution < 1.29 is 5.11 Å². The molecule has 18 heavy (non-hydrogen) atoms. The predicted molar refractivity (Wildman–Crippen MR) is 73.6 cm³/mol. The van der Waals surface area contributed by atoms with Gasteiger partial charge in [0.1, 0.15) is 5.75 Å². The van der Waals surface area contributed by atoms with Crippen LogP contribution in [0.1, 0.15) is 50.6 Å². The Hall–Kier alpha value is -1.02. The normalized spacial score (nSPS) is 30.1. The molecule has 3 atom stereocenters. The van der Waals surface area contributed by atoms with Gasteiger partial charge < -0.3 is 5.11 Å². The van der Waals surface area contributed by atoms with Crippen LogP contribution in [0.2, 0.25) is 0 Å². The van der Waals surface area contributed by atoms with Crippen molar-refractivity contribution >= 4 is 0 Å². The summed E-state index contributed by atoms with van der Waals surface area (Å²) in [5.41, 5.74) is 1.09. The van der Waals surface area contributed by atoms with Gasteiger partial charge in [0.15, 0.2) is 0 Å². The van der Waals surface area contributed by atoms with E-state index < -0.39 is 0 Å². The van der Waals surface area contributed by atoms with Crippen molar-refractivity contribution in [1.29, 1.82) is 0 Å². The lowest BCUT2D eigenvalue weighted by atomic mass is 9.85. The second-order valence-corrected chi connectivity index (χ2v) is 5.87. The van der Waals surface area contributed by atoms with Crippen LogP contribution in [-0.2, 0) is 0 Å². The Kier molecular flexibility index (Phi) is 3.29. The van der Waals surface area contributed by atoms with Gasteiger partial charge in [-0.2, -0.15) is 0 Å². The van der Waals surface area contributed by atoms with Gasteiger partial charge in [0.2, 0.25) is 0 Å². The molecular weight excluding hydrogens is 222 g/mol. The van der Waals surface area contributed by atoms with Gasteiger partial charge in [0, 0.05) is 17.6 Å². The zero-order valence-corrected chi connectivity index (χ0v) is 11.2. The molecule has 1 aliphatic carbocycles. The van der Waals surface area contributed by atoms with Crippen molar-refractivity contribution in [2.75, 3.05) is 6.54 Å². The highest BCUT2D eigenvalue weighted by Crippen LogP contribution is 2.41. The molecule has 0 aromatic heterocycles. The first-order chi connectivity index (χ1) is 8.77. The maximum Gasteiger partial charge on any atom is 0.120 e. The molecule has 0 amide bonds. The fourth-order valence-corrected chi connectivity index (χ4v) is 3.94. The van der Waals surface area contributed by atoms with Crippen molar-refractivity contribution in [3.63, 3.8) is 0 Å². The van der Waals surface area contributed by atoms with E-state index >= 15 is 0 Å². The summed E-state index contributed by atoms with van der Waals surface area (Å²) in [4.78, 5) is 2.62. The number of likely N-dealkylation sites (tertiary alicyclic amines) is 1. The van der Waals surface area contributed by atoms with Crippen molar-refractivity contribution in [1.82, 2.24) is 4.90 Å². The number of aromatic hydroxyl groups is 1. The summed E-state index contributed by atoms with van der Waals surface area (Å²) in [6.45, 7) is 3.44. The van der Waals surface area contributed by atoms with E-state index in [-0.39, 0.29) is 0 Å². The summed E-state index contributed by atoms with van der Waals surface area (Å²) in [6, 6.07) is 8.91. The number of hydrogen-bond donors (Lipinski definition) is 1. The average molecular weight is 245 g/mol. The first-order valence-corrected chi connectivity index (χ1v) is 7.31.